The van der Waals surface area contributed by atoms with Crippen LogP contribution in [0.4, 0.5) is 0 Å². The topological polar surface area (TPSA) is 52.6 Å². The second kappa shape index (κ2) is 8.91. The Morgan fingerprint density at radius 3 is 2.32 bits per heavy atom. The number of likely N-dealkylation sites (N-methyl/N-ethyl adjacent to an activating group) is 1. The minimum Gasteiger partial charge on any atom is -0.457 e. The van der Waals surface area contributed by atoms with Crippen LogP contribution < -0.4 is 0 Å². The lowest BCUT2D eigenvalue weighted by molar-refractivity contribution is -0.870. The van der Waals surface area contributed by atoms with Crippen LogP contribution in [0.3, 0.4) is 0 Å². The Morgan fingerprint density at radius 1 is 1.16 bits per heavy atom. The van der Waals surface area contributed by atoms with Gasteiger partial charge >= 0.3 is 11.9 Å². The van der Waals surface area contributed by atoms with E-state index in [2.05, 4.69) is 6.92 Å². The normalized spacial score (nSPS) is 12.9. The molecule has 0 aromatic heterocycles. The molecule has 1 unspecified atom stereocenters. The molecule has 0 amide bonds. The first-order chi connectivity index (χ1) is 8.76. The molecule has 0 aromatic carbocycles. The number of hydrogen-bond acceptors (Lipinski definition) is 4. The maximum Gasteiger partial charge on any atom is 0.347 e. The zero-order valence-electron chi connectivity index (χ0n) is 12.9. The van der Waals surface area contributed by atoms with Gasteiger partial charge in [-0.05, 0) is 13.3 Å². The largest absolute Gasteiger partial charge is 0.457 e. The van der Waals surface area contributed by atoms with Crippen molar-refractivity contribution in [3.63, 3.8) is 0 Å². The maximum absolute atomic E-state index is 11.6. The highest BCUT2D eigenvalue weighted by Crippen LogP contribution is 2.04. The molecular weight excluding hydrogens is 246 g/mol. The third-order valence-corrected chi connectivity index (χ3v) is 2.63. The van der Waals surface area contributed by atoms with E-state index in [4.69, 9.17) is 9.47 Å². The molecule has 0 spiro atoms. The molecule has 5 nitrogen and oxygen atoms in total. The van der Waals surface area contributed by atoms with Gasteiger partial charge < -0.3 is 14.0 Å². The molecule has 0 saturated heterocycles. The van der Waals surface area contributed by atoms with Gasteiger partial charge in [0.1, 0.15) is 13.2 Å². The van der Waals surface area contributed by atoms with Crippen molar-refractivity contribution in [2.45, 2.75) is 45.6 Å². The molecule has 0 aliphatic carbocycles. The average molecular weight is 274 g/mol. The lowest BCUT2D eigenvalue weighted by atomic mass is 10.2. The summed E-state index contributed by atoms with van der Waals surface area (Å²) in [4.78, 5) is 23.0. The van der Waals surface area contributed by atoms with Crippen molar-refractivity contribution in [2.24, 2.45) is 0 Å². The number of esters is 2. The Balaban J connectivity index is 3.84. The molecule has 0 aliphatic heterocycles. The van der Waals surface area contributed by atoms with Gasteiger partial charge in [0.2, 0.25) is 0 Å². The lowest BCUT2D eigenvalue weighted by Gasteiger charge is -2.23. The van der Waals surface area contributed by atoms with Gasteiger partial charge in [-0.1, -0.05) is 19.8 Å². The van der Waals surface area contributed by atoms with Gasteiger partial charge in [-0.3, -0.25) is 4.79 Å². The summed E-state index contributed by atoms with van der Waals surface area (Å²) in [7, 11) is 6.06. The summed E-state index contributed by atoms with van der Waals surface area (Å²) in [6.45, 7) is 4.67. The SMILES string of the molecule is CCCCCC(=O)OC(C)C(=O)OCC[N+](C)(C)C. The maximum atomic E-state index is 11.6. The second-order valence-corrected chi connectivity index (χ2v) is 5.77. The van der Waals surface area contributed by atoms with E-state index in [1.807, 2.05) is 21.1 Å². The number of nitrogens with zero attached hydrogens (tertiary/aromatic N) is 1. The van der Waals surface area contributed by atoms with Gasteiger partial charge in [-0.15, -0.1) is 0 Å². The number of carbonyl (C=O) groups is 2. The number of hydrogen-bond donors (Lipinski definition) is 0. The number of quaternary nitrogens is 1. The van der Waals surface area contributed by atoms with Crippen LogP contribution in [0.15, 0.2) is 0 Å². The molecule has 0 saturated carbocycles. The molecule has 112 valence electrons. The summed E-state index contributed by atoms with van der Waals surface area (Å²) >= 11 is 0. The highest BCUT2D eigenvalue weighted by Gasteiger charge is 2.19. The van der Waals surface area contributed by atoms with Gasteiger partial charge in [-0.2, -0.15) is 0 Å². The van der Waals surface area contributed by atoms with Gasteiger partial charge in [0.15, 0.2) is 6.10 Å². The Bertz CT molecular complexity index is 284. The van der Waals surface area contributed by atoms with Crippen LogP contribution in [0, 0.1) is 0 Å². The van der Waals surface area contributed by atoms with E-state index in [1.54, 1.807) is 6.92 Å². The molecule has 0 bridgehead atoms. The molecule has 0 rings (SSSR count). The van der Waals surface area contributed by atoms with E-state index in [0.29, 0.717) is 13.0 Å². The van der Waals surface area contributed by atoms with Crippen molar-refractivity contribution in [3.8, 4) is 0 Å². The number of carbonyl (C=O) groups excluding carboxylic acids is 2. The first kappa shape index (κ1) is 17.9. The summed E-state index contributed by atoms with van der Waals surface area (Å²) < 4.78 is 10.8. The quantitative estimate of drug-likeness (QED) is 0.365. The third-order valence-electron chi connectivity index (χ3n) is 2.63. The number of ether oxygens (including phenoxy) is 2. The third kappa shape index (κ3) is 10.5. The van der Waals surface area contributed by atoms with Gasteiger partial charge in [0.25, 0.3) is 0 Å². The van der Waals surface area contributed by atoms with Crippen LogP contribution in [0.25, 0.3) is 0 Å². The zero-order valence-corrected chi connectivity index (χ0v) is 12.9. The molecule has 0 aliphatic rings. The van der Waals surface area contributed by atoms with Crippen molar-refractivity contribution in [1.82, 2.24) is 0 Å². The van der Waals surface area contributed by atoms with Crippen LogP contribution in [0.1, 0.15) is 39.5 Å². The van der Waals surface area contributed by atoms with Crippen molar-refractivity contribution in [1.29, 1.82) is 0 Å². The van der Waals surface area contributed by atoms with Crippen LogP contribution in [-0.4, -0.2) is 56.8 Å². The fraction of sp³-hybridized carbons (Fsp3) is 0.857. The van der Waals surface area contributed by atoms with E-state index in [0.717, 1.165) is 30.3 Å². The van der Waals surface area contributed by atoms with E-state index in [-0.39, 0.29) is 5.97 Å². The molecule has 5 heteroatoms. The predicted molar refractivity (Wildman–Crippen MR) is 73.6 cm³/mol. The zero-order chi connectivity index (χ0) is 14.9. The summed E-state index contributed by atoms with van der Waals surface area (Å²) in [5, 5.41) is 0. The number of rotatable bonds is 9. The van der Waals surface area contributed by atoms with Crippen molar-refractivity contribution in [3.05, 3.63) is 0 Å². The monoisotopic (exact) mass is 274 g/mol. The van der Waals surface area contributed by atoms with E-state index in [1.165, 1.54) is 0 Å². The summed E-state index contributed by atoms with van der Waals surface area (Å²) in [6, 6.07) is 0. The van der Waals surface area contributed by atoms with Gasteiger partial charge in [-0.25, -0.2) is 4.79 Å². The average Bonchev–Trinajstić information content (AvgIpc) is 2.27. The predicted octanol–water partition coefficient (Wildman–Crippen LogP) is 1.75. The van der Waals surface area contributed by atoms with Crippen LogP contribution in [0.5, 0.6) is 0 Å². The molecule has 0 fully saturated rings. The van der Waals surface area contributed by atoms with Gasteiger partial charge in [0, 0.05) is 6.42 Å². The van der Waals surface area contributed by atoms with Crippen molar-refractivity contribution in [2.75, 3.05) is 34.3 Å². The number of unbranched alkanes of at least 4 members (excludes halogenated alkanes) is 2. The standard InChI is InChI=1S/C14H28NO4/c1-6-7-8-9-13(16)19-12(2)14(17)18-11-10-15(3,4)5/h12H,6-11H2,1-5H3/q+1. The molecule has 0 N–H and O–H groups in total. The van der Waals surface area contributed by atoms with Crippen LogP contribution in [0.2, 0.25) is 0 Å². The molecule has 1 atom stereocenters. The second-order valence-electron chi connectivity index (χ2n) is 5.77. The fourth-order valence-corrected chi connectivity index (χ4v) is 1.36. The summed E-state index contributed by atoms with van der Waals surface area (Å²) in [5.41, 5.74) is 0. The summed E-state index contributed by atoms with van der Waals surface area (Å²) in [5.74, 6) is -0.804. The summed E-state index contributed by atoms with van der Waals surface area (Å²) in [6.07, 6.45) is 2.40. The minimum absolute atomic E-state index is 0.329. The highest BCUT2D eigenvalue weighted by atomic mass is 16.6. The molecule has 0 aromatic rings. The molecule has 19 heavy (non-hydrogen) atoms. The fourth-order valence-electron chi connectivity index (χ4n) is 1.36. The van der Waals surface area contributed by atoms with E-state index in [9.17, 15) is 9.59 Å². The van der Waals surface area contributed by atoms with E-state index < -0.39 is 12.1 Å². The van der Waals surface area contributed by atoms with Crippen LogP contribution >= 0.6 is 0 Å². The minimum atomic E-state index is -0.818. The van der Waals surface area contributed by atoms with Gasteiger partial charge in [0.05, 0.1) is 21.1 Å². The molecular formula is C14H28NO4+. The van der Waals surface area contributed by atoms with Crippen molar-refractivity contribution < 1.29 is 23.5 Å². The Labute approximate surface area is 116 Å². The van der Waals surface area contributed by atoms with Crippen molar-refractivity contribution >= 4 is 11.9 Å². The Kier molecular flexibility index (Phi) is 8.39. The first-order valence-corrected chi connectivity index (χ1v) is 6.93. The van der Waals surface area contributed by atoms with E-state index >= 15 is 0 Å². The first-order valence-electron chi connectivity index (χ1n) is 6.93. The van der Waals surface area contributed by atoms with Crippen LogP contribution in [-0.2, 0) is 19.1 Å². The lowest BCUT2D eigenvalue weighted by Crippen LogP contribution is -2.39. The molecule has 0 heterocycles. The highest BCUT2D eigenvalue weighted by molar-refractivity contribution is 5.78. The molecule has 0 radical (unpaired) electrons. The Hall–Kier alpha value is -1.10. The Morgan fingerprint density at radius 2 is 1.79 bits per heavy atom. The smallest absolute Gasteiger partial charge is 0.347 e.